The monoisotopic (exact) mass is 216 g/mol. The molecule has 0 aromatic rings. The molecular formula is C11H20O4. The molecular weight excluding hydrogens is 196 g/mol. The van der Waals surface area contributed by atoms with Gasteiger partial charge in [-0.25, -0.2) is 0 Å². The quantitative estimate of drug-likeness (QED) is 0.739. The fourth-order valence-corrected chi connectivity index (χ4v) is 1.47. The first-order valence-corrected chi connectivity index (χ1v) is 5.11. The van der Waals surface area contributed by atoms with Gasteiger partial charge in [0.05, 0.1) is 5.92 Å². The molecule has 0 saturated carbocycles. The molecule has 0 radical (unpaired) electrons. The van der Waals surface area contributed by atoms with Crippen molar-refractivity contribution in [2.24, 2.45) is 17.3 Å². The van der Waals surface area contributed by atoms with Crippen molar-refractivity contribution >= 4 is 11.9 Å². The van der Waals surface area contributed by atoms with E-state index in [4.69, 9.17) is 10.2 Å². The normalized spacial score (nSPS) is 15.7. The third-order valence-corrected chi connectivity index (χ3v) is 2.96. The molecule has 0 rings (SSSR count). The Morgan fingerprint density at radius 1 is 1.20 bits per heavy atom. The summed E-state index contributed by atoms with van der Waals surface area (Å²) >= 11 is 0. The Labute approximate surface area is 90.3 Å². The van der Waals surface area contributed by atoms with Gasteiger partial charge in [0.2, 0.25) is 0 Å². The van der Waals surface area contributed by atoms with Gasteiger partial charge < -0.3 is 10.2 Å². The molecule has 0 aliphatic rings. The highest BCUT2D eigenvalue weighted by atomic mass is 16.4. The number of aliphatic carboxylic acids is 2. The lowest BCUT2D eigenvalue weighted by atomic mass is 9.73. The Hall–Kier alpha value is -1.06. The SMILES string of the molecule is CC(C(CCC(=O)O)C(=O)O)C(C)(C)C. The summed E-state index contributed by atoms with van der Waals surface area (Å²) in [5.41, 5.74) is -0.123. The van der Waals surface area contributed by atoms with E-state index in [1.807, 2.05) is 27.7 Å². The summed E-state index contributed by atoms with van der Waals surface area (Å²) in [7, 11) is 0. The van der Waals surface area contributed by atoms with E-state index in [1.165, 1.54) is 0 Å². The van der Waals surface area contributed by atoms with Gasteiger partial charge in [0.1, 0.15) is 0 Å². The molecule has 4 nitrogen and oxygen atoms in total. The molecule has 0 bridgehead atoms. The van der Waals surface area contributed by atoms with Crippen LogP contribution in [0.1, 0.15) is 40.5 Å². The van der Waals surface area contributed by atoms with Crippen LogP contribution in [0.2, 0.25) is 0 Å². The molecule has 4 heteroatoms. The number of carbonyl (C=O) groups is 2. The van der Waals surface area contributed by atoms with E-state index in [9.17, 15) is 9.59 Å². The molecule has 15 heavy (non-hydrogen) atoms. The molecule has 2 atom stereocenters. The van der Waals surface area contributed by atoms with Crippen LogP contribution in [0, 0.1) is 17.3 Å². The number of carboxylic acid groups (broad SMARTS) is 2. The third kappa shape index (κ3) is 4.81. The molecule has 0 saturated heterocycles. The first-order chi connectivity index (χ1) is 6.66. The molecule has 2 unspecified atom stereocenters. The molecule has 0 aromatic heterocycles. The Morgan fingerprint density at radius 3 is 1.93 bits per heavy atom. The van der Waals surface area contributed by atoms with Crippen LogP contribution in [0.3, 0.4) is 0 Å². The van der Waals surface area contributed by atoms with Gasteiger partial charge in [-0.3, -0.25) is 9.59 Å². The molecule has 0 heterocycles. The summed E-state index contributed by atoms with van der Waals surface area (Å²) < 4.78 is 0. The summed E-state index contributed by atoms with van der Waals surface area (Å²) in [5, 5.41) is 17.6. The third-order valence-electron chi connectivity index (χ3n) is 2.96. The largest absolute Gasteiger partial charge is 0.481 e. The van der Waals surface area contributed by atoms with Crippen molar-refractivity contribution in [3.63, 3.8) is 0 Å². The number of hydrogen-bond acceptors (Lipinski definition) is 2. The number of rotatable bonds is 5. The van der Waals surface area contributed by atoms with E-state index in [2.05, 4.69) is 0 Å². The second kappa shape index (κ2) is 5.14. The van der Waals surface area contributed by atoms with E-state index in [0.29, 0.717) is 0 Å². The van der Waals surface area contributed by atoms with Crippen LogP contribution in [0.5, 0.6) is 0 Å². The van der Waals surface area contributed by atoms with Gasteiger partial charge in [-0.2, -0.15) is 0 Å². The van der Waals surface area contributed by atoms with Crippen molar-refractivity contribution in [1.82, 2.24) is 0 Å². The molecule has 88 valence electrons. The second-order valence-corrected chi connectivity index (χ2v) is 5.03. The highest BCUT2D eigenvalue weighted by Crippen LogP contribution is 2.34. The van der Waals surface area contributed by atoms with Gasteiger partial charge >= 0.3 is 11.9 Å². The smallest absolute Gasteiger partial charge is 0.306 e. The molecule has 0 amide bonds. The summed E-state index contributed by atoms with van der Waals surface area (Å²) in [6.07, 6.45) is 0.112. The van der Waals surface area contributed by atoms with E-state index >= 15 is 0 Å². The zero-order chi connectivity index (χ0) is 12.2. The van der Waals surface area contributed by atoms with Crippen molar-refractivity contribution < 1.29 is 19.8 Å². The minimum absolute atomic E-state index is 0.0469. The molecule has 0 aliphatic heterocycles. The van der Waals surface area contributed by atoms with Crippen molar-refractivity contribution in [3.8, 4) is 0 Å². The standard InChI is InChI=1S/C11H20O4/c1-7(11(2,3)4)8(10(14)15)5-6-9(12)13/h7-8H,5-6H2,1-4H3,(H,12,13)(H,14,15). The maximum atomic E-state index is 11.0. The number of hydrogen-bond donors (Lipinski definition) is 2. The lowest BCUT2D eigenvalue weighted by molar-refractivity contribution is -0.146. The molecule has 2 N–H and O–H groups in total. The Morgan fingerprint density at radius 2 is 1.67 bits per heavy atom. The Balaban J connectivity index is 4.53. The molecule has 0 fully saturated rings. The Kier molecular flexibility index (Phi) is 4.78. The summed E-state index contributed by atoms with van der Waals surface area (Å²) in [4.78, 5) is 21.4. The minimum Gasteiger partial charge on any atom is -0.481 e. The Bertz CT molecular complexity index is 239. The number of carboxylic acids is 2. The van der Waals surface area contributed by atoms with Crippen LogP contribution in [-0.2, 0) is 9.59 Å². The lowest BCUT2D eigenvalue weighted by Gasteiger charge is -2.31. The van der Waals surface area contributed by atoms with Gasteiger partial charge in [-0.05, 0) is 17.8 Å². The molecule has 0 spiro atoms. The van der Waals surface area contributed by atoms with Gasteiger partial charge in [0, 0.05) is 6.42 Å². The van der Waals surface area contributed by atoms with Crippen LogP contribution >= 0.6 is 0 Å². The van der Waals surface area contributed by atoms with Crippen LogP contribution in [0.25, 0.3) is 0 Å². The highest BCUT2D eigenvalue weighted by Gasteiger charge is 2.33. The first-order valence-electron chi connectivity index (χ1n) is 5.11. The van der Waals surface area contributed by atoms with Crippen molar-refractivity contribution in [2.45, 2.75) is 40.5 Å². The maximum Gasteiger partial charge on any atom is 0.306 e. The first kappa shape index (κ1) is 13.9. The topological polar surface area (TPSA) is 74.6 Å². The fraction of sp³-hybridized carbons (Fsp3) is 0.818. The van der Waals surface area contributed by atoms with Gasteiger partial charge in [-0.15, -0.1) is 0 Å². The van der Waals surface area contributed by atoms with Crippen LogP contribution in [-0.4, -0.2) is 22.2 Å². The average Bonchev–Trinajstić information content (AvgIpc) is 2.01. The summed E-state index contributed by atoms with van der Waals surface area (Å²) in [6.45, 7) is 7.76. The van der Waals surface area contributed by atoms with Gasteiger partial charge in [-0.1, -0.05) is 27.7 Å². The van der Waals surface area contributed by atoms with E-state index in [-0.39, 0.29) is 24.2 Å². The van der Waals surface area contributed by atoms with Crippen molar-refractivity contribution in [2.75, 3.05) is 0 Å². The average molecular weight is 216 g/mol. The summed E-state index contributed by atoms with van der Waals surface area (Å²) in [6, 6.07) is 0. The zero-order valence-corrected chi connectivity index (χ0v) is 9.78. The van der Waals surface area contributed by atoms with Crippen LogP contribution in [0.4, 0.5) is 0 Å². The lowest BCUT2D eigenvalue weighted by Crippen LogP contribution is -2.31. The fourth-order valence-electron chi connectivity index (χ4n) is 1.47. The molecule has 0 aliphatic carbocycles. The van der Waals surface area contributed by atoms with E-state index < -0.39 is 17.9 Å². The predicted octanol–water partition coefficient (Wildman–Crippen LogP) is 2.23. The van der Waals surface area contributed by atoms with Crippen molar-refractivity contribution in [1.29, 1.82) is 0 Å². The van der Waals surface area contributed by atoms with Crippen molar-refractivity contribution in [3.05, 3.63) is 0 Å². The van der Waals surface area contributed by atoms with Gasteiger partial charge in [0.25, 0.3) is 0 Å². The maximum absolute atomic E-state index is 11.0. The minimum atomic E-state index is -0.942. The van der Waals surface area contributed by atoms with Gasteiger partial charge in [0.15, 0.2) is 0 Å². The van der Waals surface area contributed by atoms with E-state index in [1.54, 1.807) is 0 Å². The van der Waals surface area contributed by atoms with Crippen LogP contribution in [0.15, 0.2) is 0 Å². The molecule has 0 aromatic carbocycles. The van der Waals surface area contributed by atoms with E-state index in [0.717, 1.165) is 0 Å². The predicted molar refractivity (Wildman–Crippen MR) is 56.6 cm³/mol. The summed E-state index contributed by atoms with van der Waals surface area (Å²) in [5.74, 6) is -2.48. The second-order valence-electron chi connectivity index (χ2n) is 5.03. The zero-order valence-electron chi connectivity index (χ0n) is 9.78. The highest BCUT2D eigenvalue weighted by molar-refractivity contribution is 5.72. The van der Waals surface area contributed by atoms with Crippen LogP contribution < -0.4 is 0 Å².